The number of nitrogens with zero attached hydrogens (tertiary/aromatic N) is 3. The largest absolute Gasteiger partial charge is 0.573 e. The van der Waals surface area contributed by atoms with Gasteiger partial charge in [0.15, 0.2) is 11.4 Å². The lowest BCUT2D eigenvalue weighted by Crippen LogP contribution is -2.20. The van der Waals surface area contributed by atoms with Gasteiger partial charge in [0, 0.05) is 51.0 Å². The molecule has 12 heteroatoms. The summed E-state index contributed by atoms with van der Waals surface area (Å²) in [7, 11) is 1.60. The second-order valence-electron chi connectivity index (χ2n) is 8.69. The lowest BCUT2D eigenvalue weighted by molar-refractivity contribution is -0.274. The van der Waals surface area contributed by atoms with Crippen LogP contribution in [0.2, 0.25) is 0 Å². The Balaban J connectivity index is 1.47. The number of hydrogen-bond acceptors (Lipinski definition) is 8. The number of hydrogen-bond donors (Lipinski definition) is 1. The number of nitrogens with one attached hydrogen (secondary N) is 1. The van der Waals surface area contributed by atoms with Crippen molar-refractivity contribution in [2.45, 2.75) is 38.1 Å². The molecule has 9 nitrogen and oxygen atoms in total. The summed E-state index contributed by atoms with van der Waals surface area (Å²) in [5, 5.41) is 3.08. The average molecular weight is 518 g/mol. The molecule has 0 radical (unpaired) electrons. The summed E-state index contributed by atoms with van der Waals surface area (Å²) in [5.74, 6) is 0.0500. The molecule has 1 saturated heterocycles. The van der Waals surface area contributed by atoms with Crippen molar-refractivity contribution in [3.8, 4) is 5.75 Å². The van der Waals surface area contributed by atoms with E-state index in [1.165, 1.54) is 12.1 Å². The van der Waals surface area contributed by atoms with Crippen LogP contribution in [-0.4, -0.2) is 53.6 Å². The molecule has 0 saturated carbocycles. The molecule has 2 aromatic heterocycles. The quantitative estimate of drug-likeness (QED) is 0.220. The van der Waals surface area contributed by atoms with E-state index >= 15 is 0 Å². The van der Waals surface area contributed by atoms with Gasteiger partial charge in [-0.1, -0.05) is 0 Å². The monoisotopic (exact) mass is 518 g/mol. The van der Waals surface area contributed by atoms with Crippen molar-refractivity contribution in [1.29, 1.82) is 0 Å². The van der Waals surface area contributed by atoms with Crippen LogP contribution in [0.3, 0.4) is 0 Å². The van der Waals surface area contributed by atoms with Crippen molar-refractivity contribution in [1.82, 2.24) is 14.5 Å². The van der Waals surface area contributed by atoms with E-state index in [-0.39, 0.29) is 23.4 Å². The molecule has 1 fully saturated rings. The maximum atomic E-state index is 12.6. The van der Waals surface area contributed by atoms with Gasteiger partial charge in [0.1, 0.15) is 11.3 Å². The number of halogens is 3. The summed E-state index contributed by atoms with van der Waals surface area (Å²) in [5.41, 5.74) is 2.51. The Morgan fingerprint density at radius 3 is 2.70 bits per heavy atom. The molecule has 0 bridgehead atoms. The maximum Gasteiger partial charge on any atom is 0.573 e. The molecule has 1 N–H and O–H groups in total. The van der Waals surface area contributed by atoms with Gasteiger partial charge in [-0.3, -0.25) is 10.1 Å². The summed E-state index contributed by atoms with van der Waals surface area (Å²) < 4.78 is 60.0. The maximum absolute atomic E-state index is 12.6. The molecule has 2 aromatic carbocycles. The van der Waals surface area contributed by atoms with Gasteiger partial charge in [0.25, 0.3) is 0 Å². The van der Waals surface area contributed by atoms with Crippen molar-refractivity contribution in [2.75, 3.05) is 32.2 Å². The number of ether oxygens (including phenoxy) is 3. The van der Waals surface area contributed by atoms with Crippen LogP contribution in [0.25, 0.3) is 22.1 Å². The van der Waals surface area contributed by atoms with Crippen LogP contribution in [0.5, 0.6) is 5.75 Å². The smallest absolute Gasteiger partial charge is 0.423 e. The van der Waals surface area contributed by atoms with Crippen LogP contribution in [0.4, 0.5) is 25.1 Å². The number of fused-ring (bicyclic) bond motifs is 2. The molecule has 0 atom stereocenters. The van der Waals surface area contributed by atoms with Crippen molar-refractivity contribution < 1.29 is 36.6 Å². The number of oxazole rings is 1. The Bertz CT molecular complexity index is 1410. The van der Waals surface area contributed by atoms with E-state index < -0.39 is 12.1 Å². The zero-order valence-corrected chi connectivity index (χ0v) is 20.0. The molecule has 196 valence electrons. The Labute approximate surface area is 209 Å². The number of rotatable bonds is 9. The van der Waals surface area contributed by atoms with E-state index in [4.69, 9.17) is 18.9 Å². The molecule has 5 rings (SSSR count). The Kier molecular flexibility index (Phi) is 7.02. The van der Waals surface area contributed by atoms with Gasteiger partial charge in [-0.2, -0.15) is 4.98 Å². The zero-order chi connectivity index (χ0) is 26.0. The Morgan fingerprint density at radius 2 is 1.95 bits per heavy atom. The highest BCUT2D eigenvalue weighted by molar-refractivity contribution is 5.99. The fourth-order valence-electron chi connectivity index (χ4n) is 4.45. The van der Waals surface area contributed by atoms with Crippen molar-refractivity contribution >= 4 is 39.9 Å². The minimum absolute atomic E-state index is 0.00454. The lowest BCUT2D eigenvalue weighted by Gasteiger charge is -2.25. The number of ketones is 1. The molecule has 0 aliphatic carbocycles. The van der Waals surface area contributed by atoms with Gasteiger partial charge in [0.05, 0.1) is 11.0 Å². The molecule has 1 aliphatic heterocycles. The number of carbonyl (C=O) groups is 1. The fraction of sp³-hybridized carbons (Fsp3) is 0.400. The minimum atomic E-state index is -4.81. The first kappa shape index (κ1) is 25.0. The third-order valence-electron chi connectivity index (χ3n) is 6.13. The fourth-order valence-corrected chi connectivity index (χ4v) is 4.45. The third-order valence-corrected chi connectivity index (χ3v) is 6.13. The van der Waals surface area contributed by atoms with Gasteiger partial charge in [-0.15, -0.1) is 13.2 Å². The first-order valence-corrected chi connectivity index (χ1v) is 11.9. The molecule has 4 aromatic rings. The van der Waals surface area contributed by atoms with E-state index in [0.29, 0.717) is 55.2 Å². The first-order valence-electron chi connectivity index (χ1n) is 11.9. The van der Waals surface area contributed by atoms with Crippen LogP contribution >= 0.6 is 0 Å². The summed E-state index contributed by atoms with van der Waals surface area (Å²) >= 11 is 0. The normalized spacial score (nSPS) is 14.9. The van der Waals surface area contributed by atoms with E-state index in [1.807, 2.05) is 10.6 Å². The number of aromatic nitrogens is 3. The third kappa shape index (κ3) is 5.70. The number of imidazole rings is 1. The Morgan fingerprint density at radius 1 is 1.14 bits per heavy atom. The number of benzene rings is 2. The topological polar surface area (TPSA) is 101 Å². The number of Topliss-reactive ketones (excluding diaryl/α,β-unsaturated/α-hetero) is 1. The molecular weight excluding hydrogens is 493 g/mol. The van der Waals surface area contributed by atoms with Crippen LogP contribution in [0.1, 0.15) is 42.1 Å². The highest BCUT2D eigenvalue weighted by atomic mass is 19.4. The summed E-state index contributed by atoms with van der Waals surface area (Å²) in [6, 6.07) is 9.26. The molecular formula is C25H25F3N4O5. The van der Waals surface area contributed by atoms with Gasteiger partial charge >= 0.3 is 12.4 Å². The summed E-state index contributed by atoms with van der Waals surface area (Å²) in [6.07, 6.45) is -2.28. The molecule has 0 spiro atoms. The van der Waals surface area contributed by atoms with Gasteiger partial charge in [0.2, 0.25) is 5.95 Å². The number of carbonyl (C=O) groups excluding carboxylic acids is 1. The number of anilines is 2. The molecule has 3 heterocycles. The number of alkyl halides is 3. The van der Waals surface area contributed by atoms with Gasteiger partial charge < -0.3 is 23.2 Å². The van der Waals surface area contributed by atoms with Crippen LogP contribution in [0.15, 0.2) is 40.8 Å². The van der Waals surface area contributed by atoms with E-state index in [9.17, 15) is 18.0 Å². The second-order valence-corrected chi connectivity index (χ2v) is 8.69. The molecule has 1 aliphatic rings. The average Bonchev–Trinajstić information content (AvgIpc) is 3.43. The predicted molar refractivity (Wildman–Crippen MR) is 128 cm³/mol. The van der Waals surface area contributed by atoms with Crippen LogP contribution in [0, 0.1) is 0 Å². The standard InChI is InChI=1S/C25H25F3N4O5/c1-34-10-2-3-21(33)15-4-7-20-19(13-15)29-23(32(20)16-8-11-35-12-9-16)31-24-30-18-6-5-17(14-22(18)36-24)37-25(26,27)28/h4-7,13-14,16H,2-3,8-12H2,1H3,(H,29,30,31). The highest BCUT2D eigenvalue weighted by Crippen LogP contribution is 2.34. The second kappa shape index (κ2) is 10.4. The lowest BCUT2D eigenvalue weighted by atomic mass is 10.1. The Hall–Kier alpha value is -3.64. The summed E-state index contributed by atoms with van der Waals surface area (Å²) in [4.78, 5) is 21.7. The van der Waals surface area contributed by atoms with Crippen molar-refractivity contribution in [2.24, 2.45) is 0 Å². The minimum Gasteiger partial charge on any atom is -0.423 e. The van der Waals surface area contributed by atoms with E-state index in [1.54, 1.807) is 19.2 Å². The van der Waals surface area contributed by atoms with E-state index in [2.05, 4.69) is 15.0 Å². The summed E-state index contributed by atoms with van der Waals surface area (Å²) in [6.45, 7) is 1.71. The highest BCUT2D eigenvalue weighted by Gasteiger charge is 2.31. The first-order chi connectivity index (χ1) is 17.8. The predicted octanol–water partition coefficient (Wildman–Crippen LogP) is 5.78. The van der Waals surface area contributed by atoms with Gasteiger partial charge in [-0.25, -0.2) is 4.98 Å². The number of methoxy groups -OCH3 is 1. The zero-order valence-electron chi connectivity index (χ0n) is 20.0. The van der Waals surface area contributed by atoms with Crippen LogP contribution < -0.4 is 10.1 Å². The molecule has 0 amide bonds. The SMILES string of the molecule is COCCCC(=O)c1ccc2c(c1)nc(Nc1nc3ccc(OC(F)(F)F)cc3o1)n2C1CCOCC1. The van der Waals surface area contributed by atoms with E-state index in [0.717, 1.165) is 24.4 Å². The molecule has 37 heavy (non-hydrogen) atoms. The van der Waals surface area contributed by atoms with Crippen LogP contribution in [-0.2, 0) is 9.47 Å². The van der Waals surface area contributed by atoms with Crippen molar-refractivity contribution in [3.63, 3.8) is 0 Å². The van der Waals surface area contributed by atoms with Gasteiger partial charge in [-0.05, 0) is 49.6 Å². The molecule has 0 unspecified atom stereocenters. The van der Waals surface area contributed by atoms with Crippen molar-refractivity contribution in [3.05, 3.63) is 42.0 Å².